The van der Waals surface area contributed by atoms with Gasteiger partial charge >= 0.3 is 5.97 Å². The van der Waals surface area contributed by atoms with Crippen molar-refractivity contribution in [2.45, 2.75) is 59.1 Å². The number of hydrogen-bond acceptors (Lipinski definition) is 8. The van der Waals surface area contributed by atoms with Gasteiger partial charge in [0.15, 0.2) is 29.2 Å². The number of carbonyl (C=O) groups excluding carboxylic acids is 2. The van der Waals surface area contributed by atoms with Crippen molar-refractivity contribution >= 4 is 46.2 Å². The number of rotatable bonds is 10. The van der Waals surface area contributed by atoms with E-state index in [1.807, 2.05) is 26.8 Å². The topological polar surface area (TPSA) is 153 Å². The molecule has 0 fully saturated rings. The molecular formula is C30H34BrFN4O7. The number of aliphatic carboxylic acids is 1. The third kappa shape index (κ3) is 6.44. The number of benzene rings is 2. The van der Waals surface area contributed by atoms with E-state index < -0.39 is 41.4 Å². The van der Waals surface area contributed by atoms with Gasteiger partial charge in [-0.15, -0.1) is 17.0 Å². The Morgan fingerprint density at radius 1 is 1.21 bits per heavy atom. The lowest BCUT2D eigenvalue weighted by atomic mass is 9.83. The van der Waals surface area contributed by atoms with Gasteiger partial charge in [-0.05, 0) is 43.0 Å². The lowest BCUT2D eigenvalue weighted by Crippen LogP contribution is -2.47. The van der Waals surface area contributed by atoms with Gasteiger partial charge in [0.05, 0.1) is 43.5 Å². The predicted octanol–water partition coefficient (Wildman–Crippen LogP) is 4.61. The third-order valence-electron chi connectivity index (χ3n) is 6.99. The highest BCUT2D eigenvalue weighted by atomic mass is 79.9. The Morgan fingerprint density at radius 3 is 2.47 bits per heavy atom. The standard InChI is InChI=1S/C30H33FN4O7.BrH/c1-6-40-21-12-17-14-34(28(33)24(17)25(31)27(21)41-7-2)15-20(36)16-10-18(30(3,4)5)26-19(11-16)35(9-8-32)29(39)22(42-26)13-23(37)38;/h10-12,22,33H,6-7,9,13-15H2,1-5H3,(H,37,38);1H. The maximum absolute atomic E-state index is 15.5. The Labute approximate surface area is 259 Å². The SMILES string of the molecule is Br.CCOc1cc2c(c(F)c1OCC)C(=N)N(CC(=O)c1cc3c(c(C(C)(C)C)c1)OC(CC(=O)O)C(=O)N3CC#N)C2. The summed E-state index contributed by atoms with van der Waals surface area (Å²) in [7, 11) is 0. The molecule has 230 valence electrons. The fraction of sp³-hybridized carbons (Fsp3) is 0.433. The van der Waals surface area contributed by atoms with Crippen LogP contribution in [-0.4, -0.2) is 65.9 Å². The van der Waals surface area contributed by atoms with Gasteiger partial charge in [0.25, 0.3) is 5.91 Å². The molecule has 2 aromatic carbocycles. The second kappa shape index (κ2) is 13.0. The van der Waals surface area contributed by atoms with E-state index in [9.17, 15) is 24.8 Å². The van der Waals surface area contributed by atoms with Gasteiger partial charge in [-0.1, -0.05) is 20.8 Å². The number of nitriles is 1. The summed E-state index contributed by atoms with van der Waals surface area (Å²) < 4.78 is 32.4. The Morgan fingerprint density at radius 2 is 1.88 bits per heavy atom. The quantitative estimate of drug-likeness (QED) is 0.275. The Balaban J connectivity index is 0.00000506. The molecule has 1 atom stereocenters. The molecule has 0 aromatic heterocycles. The van der Waals surface area contributed by atoms with Crippen molar-refractivity contribution in [1.29, 1.82) is 10.7 Å². The summed E-state index contributed by atoms with van der Waals surface area (Å²) in [6, 6.07) is 6.60. The minimum absolute atomic E-state index is 0. The zero-order valence-electron chi connectivity index (χ0n) is 24.6. The summed E-state index contributed by atoms with van der Waals surface area (Å²) in [4.78, 5) is 40.7. The van der Waals surface area contributed by atoms with Crippen LogP contribution in [0.2, 0.25) is 0 Å². The van der Waals surface area contributed by atoms with Crippen LogP contribution < -0.4 is 19.1 Å². The van der Waals surface area contributed by atoms with E-state index in [4.69, 9.17) is 19.6 Å². The smallest absolute Gasteiger partial charge is 0.307 e. The van der Waals surface area contributed by atoms with Crippen LogP contribution >= 0.6 is 17.0 Å². The number of nitrogens with one attached hydrogen (secondary N) is 1. The van der Waals surface area contributed by atoms with Gasteiger partial charge in [-0.2, -0.15) is 5.26 Å². The molecule has 1 unspecified atom stereocenters. The molecular weight excluding hydrogens is 627 g/mol. The van der Waals surface area contributed by atoms with E-state index in [1.54, 1.807) is 26.0 Å². The number of nitrogens with zero attached hydrogens (tertiary/aromatic N) is 3. The van der Waals surface area contributed by atoms with E-state index in [0.29, 0.717) is 17.7 Å². The van der Waals surface area contributed by atoms with Gasteiger partial charge in [0.1, 0.15) is 18.1 Å². The Kier molecular flexibility index (Phi) is 10.1. The molecule has 11 nitrogen and oxygen atoms in total. The molecule has 2 N–H and O–H groups in total. The van der Waals surface area contributed by atoms with Gasteiger partial charge in [0.2, 0.25) is 0 Å². The van der Waals surface area contributed by atoms with Gasteiger partial charge in [-0.3, -0.25) is 24.7 Å². The number of hydrogen-bond donors (Lipinski definition) is 2. The molecule has 43 heavy (non-hydrogen) atoms. The molecule has 0 saturated carbocycles. The molecule has 1 amide bonds. The molecule has 2 heterocycles. The van der Waals surface area contributed by atoms with Crippen molar-refractivity contribution in [3.8, 4) is 23.3 Å². The van der Waals surface area contributed by atoms with Crippen molar-refractivity contribution in [3.63, 3.8) is 0 Å². The average molecular weight is 662 g/mol. The Bertz CT molecular complexity index is 1520. The van der Waals surface area contributed by atoms with Gasteiger partial charge < -0.3 is 24.2 Å². The summed E-state index contributed by atoms with van der Waals surface area (Å²) in [6.45, 7) is 9.05. The number of halogens is 2. The minimum Gasteiger partial charge on any atom is -0.490 e. The summed E-state index contributed by atoms with van der Waals surface area (Å²) in [5.41, 5.74) is 0.859. The summed E-state index contributed by atoms with van der Waals surface area (Å²) in [5, 5.41) is 27.4. The van der Waals surface area contributed by atoms with Crippen LogP contribution in [0.25, 0.3) is 0 Å². The van der Waals surface area contributed by atoms with Crippen LogP contribution in [0.1, 0.15) is 68.1 Å². The number of ether oxygens (including phenoxy) is 3. The number of Topliss-reactive ketones (excluding diaryl/α,β-unsaturated/α-hetero) is 1. The zero-order valence-corrected chi connectivity index (χ0v) is 26.3. The highest BCUT2D eigenvalue weighted by Gasteiger charge is 2.40. The molecule has 2 aromatic rings. The van der Waals surface area contributed by atoms with Gasteiger partial charge in [-0.25, -0.2) is 4.39 Å². The number of amidine groups is 1. The first kappa shape index (κ1) is 33.3. The lowest BCUT2D eigenvalue weighted by Gasteiger charge is -2.36. The maximum atomic E-state index is 15.5. The number of carboxylic acids is 1. The molecule has 13 heteroatoms. The van der Waals surface area contributed by atoms with Crippen LogP contribution in [0.5, 0.6) is 17.2 Å². The van der Waals surface area contributed by atoms with Crippen LogP contribution in [-0.2, 0) is 21.5 Å². The first-order valence-electron chi connectivity index (χ1n) is 13.6. The number of ketones is 1. The molecule has 0 radical (unpaired) electrons. The molecule has 2 aliphatic rings. The predicted molar refractivity (Wildman–Crippen MR) is 160 cm³/mol. The highest BCUT2D eigenvalue weighted by Crippen LogP contribution is 2.44. The van der Waals surface area contributed by atoms with Crippen LogP contribution in [0, 0.1) is 22.6 Å². The number of carboxylic acid groups (broad SMARTS) is 1. The number of carbonyl (C=O) groups is 3. The van der Waals surface area contributed by atoms with E-state index in [-0.39, 0.29) is 83.1 Å². The van der Waals surface area contributed by atoms with Crippen LogP contribution in [0.15, 0.2) is 18.2 Å². The molecule has 4 rings (SSSR count). The number of amides is 1. The fourth-order valence-electron chi connectivity index (χ4n) is 5.09. The number of fused-ring (bicyclic) bond motifs is 2. The zero-order chi connectivity index (χ0) is 30.9. The normalized spacial score (nSPS) is 15.6. The molecule has 0 bridgehead atoms. The van der Waals surface area contributed by atoms with Crippen molar-refractivity contribution in [3.05, 3.63) is 46.3 Å². The summed E-state index contributed by atoms with van der Waals surface area (Å²) >= 11 is 0. The van der Waals surface area contributed by atoms with E-state index in [0.717, 1.165) is 4.90 Å². The fourth-order valence-corrected chi connectivity index (χ4v) is 5.09. The number of anilines is 1. The lowest BCUT2D eigenvalue weighted by molar-refractivity contribution is -0.142. The Hall–Kier alpha value is -4.18. The van der Waals surface area contributed by atoms with Crippen molar-refractivity contribution < 1.29 is 38.1 Å². The molecule has 0 spiro atoms. The first-order valence-corrected chi connectivity index (χ1v) is 13.6. The minimum atomic E-state index is -1.33. The molecule has 2 aliphatic heterocycles. The monoisotopic (exact) mass is 660 g/mol. The largest absolute Gasteiger partial charge is 0.490 e. The molecule has 0 aliphatic carbocycles. The van der Waals surface area contributed by atoms with Crippen molar-refractivity contribution in [1.82, 2.24) is 4.90 Å². The second-order valence-electron chi connectivity index (χ2n) is 11.0. The van der Waals surface area contributed by atoms with E-state index >= 15 is 4.39 Å². The first-order chi connectivity index (χ1) is 19.8. The van der Waals surface area contributed by atoms with E-state index in [1.165, 1.54) is 11.0 Å². The summed E-state index contributed by atoms with van der Waals surface area (Å²) in [5.74, 6) is -2.85. The third-order valence-corrected chi connectivity index (χ3v) is 6.99. The molecule has 0 saturated heterocycles. The van der Waals surface area contributed by atoms with Gasteiger partial charge in [0, 0.05) is 17.7 Å². The summed E-state index contributed by atoms with van der Waals surface area (Å²) in [6.07, 6.45) is -1.91. The maximum Gasteiger partial charge on any atom is 0.307 e. The van der Waals surface area contributed by atoms with Crippen molar-refractivity contribution in [2.75, 3.05) is 31.2 Å². The van der Waals surface area contributed by atoms with Crippen LogP contribution in [0.3, 0.4) is 0 Å². The van der Waals surface area contributed by atoms with E-state index in [2.05, 4.69) is 0 Å². The average Bonchev–Trinajstić information content (AvgIpc) is 3.22. The van der Waals surface area contributed by atoms with Crippen molar-refractivity contribution in [2.24, 2.45) is 0 Å². The highest BCUT2D eigenvalue weighted by molar-refractivity contribution is 8.93. The van der Waals surface area contributed by atoms with Crippen LogP contribution in [0.4, 0.5) is 10.1 Å². The second-order valence-corrected chi connectivity index (χ2v) is 11.0.